The van der Waals surface area contributed by atoms with Crippen LogP contribution in [0, 0.1) is 12.3 Å². The van der Waals surface area contributed by atoms with E-state index in [4.69, 9.17) is 4.42 Å². The Bertz CT molecular complexity index is 366. The Kier molecular flexibility index (Phi) is 4.46. The average molecular weight is 250 g/mol. The van der Waals surface area contributed by atoms with Crippen molar-refractivity contribution in [3.63, 3.8) is 0 Å². The molecule has 1 saturated heterocycles. The van der Waals surface area contributed by atoms with Crippen LogP contribution in [0.25, 0.3) is 0 Å². The van der Waals surface area contributed by atoms with Crippen molar-refractivity contribution in [3.8, 4) is 0 Å². The molecule has 1 fully saturated rings. The first-order valence-electron chi connectivity index (χ1n) is 7.08. The summed E-state index contributed by atoms with van der Waals surface area (Å²) in [6, 6.07) is 4.13. The lowest BCUT2D eigenvalue weighted by Crippen LogP contribution is -2.37. The molecule has 0 aromatic carbocycles. The van der Waals surface area contributed by atoms with Gasteiger partial charge in [-0.2, -0.15) is 0 Å². The van der Waals surface area contributed by atoms with E-state index in [1.54, 1.807) is 0 Å². The first-order chi connectivity index (χ1) is 8.63. The molecule has 0 amide bonds. The molecule has 1 aliphatic heterocycles. The van der Waals surface area contributed by atoms with E-state index >= 15 is 0 Å². The summed E-state index contributed by atoms with van der Waals surface area (Å²) in [5.41, 5.74) is 0.477. The maximum Gasteiger partial charge on any atom is 0.118 e. The lowest BCUT2D eigenvalue weighted by atomic mass is 9.82. The number of furan rings is 1. The molecule has 0 saturated carbocycles. The van der Waals surface area contributed by atoms with Gasteiger partial charge in [-0.25, -0.2) is 0 Å². The molecule has 18 heavy (non-hydrogen) atoms. The second-order valence-corrected chi connectivity index (χ2v) is 5.86. The predicted octanol–water partition coefficient (Wildman–Crippen LogP) is 2.80. The zero-order valence-electron chi connectivity index (χ0n) is 12.0. The monoisotopic (exact) mass is 250 g/mol. The molecule has 1 unspecified atom stereocenters. The smallest absolute Gasteiger partial charge is 0.118 e. The molecule has 2 rings (SSSR count). The molecule has 1 N–H and O–H groups in total. The van der Waals surface area contributed by atoms with Gasteiger partial charge < -0.3 is 9.73 Å². The van der Waals surface area contributed by atoms with E-state index < -0.39 is 0 Å². The van der Waals surface area contributed by atoms with Crippen LogP contribution in [0.3, 0.4) is 0 Å². The number of hydrogen-bond donors (Lipinski definition) is 1. The first-order valence-corrected chi connectivity index (χ1v) is 7.08. The topological polar surface area (TPSA) is 28.4 Å². The molecule has 1 atom stereocenters. The fraction of sp³-hybridized carbons (Fsp3) is 0.733. The van der Waals surface area contributed by atoms with Gasteiger partial charge in [0.1, 0.15) is 11.5 Å². The van der Waals surface area contributed by atoms with Crippen LogP contribution in [-0.2, 0) is 6.54 Å². The number of nitrogens with zero attached hydrogens (tertiary/aromatic N) is 1. The van der Waals surface area contributed by atoms with E-state index in [1.165, 1.54) is 32.4 Å². The summed E-state index contributed by atoms with van der Waals surface area (Å²) in [5, 5.41) is 3.52. The van der Waals surface area contributed by atoms with Crippen LogP contribution in [0.4, 0.5) is 0 Å². The highest BCUT2D eigenvalue weighted by molar-refractivity contribution is 5.05. The minimum absolute atomic E-state index is 0.477. The van der Waals surface area contributed by atoms with Crippen LogP contribution >= 0.6 is 0 Å². The van der Waals surface area contributed by atoms with Gasteiger partial charge in [0.05, 0.1) is 6.54 Å². The minimum atomic E-state index is 0.477. The largest absolute Gasteiger partial charge is 0.465 e. The van der Waals surface area contributed by atoms with E-state index in [-0.39, 0.29) is 0 Å². The van der Waals surface area contributed by atoms with Gasteiger partial charge >= 0.3 is 0 Å². The van der Waals surface area contributed by atoms with Gasteiger partial charge in [-0.3, -0.25) is 4.90 Å². The Morgan fingerprint density at radius 3 is 2.83 bits per heavy atom. The van der Waals surface area contributed by atoms with Gasteiger partial charge in [-0.15, -0.1) is 0 Å². The third-order valence-electron chi connectivity index (χ3n) is 3.94. The SMILES string of the molecule is CCCC1(CN(C)Cc2ccc(C)o2)CCNC1. The van der Waals surface area contributed by atoms with Gasteiger partial charge in [0, 0.05) is 13.1 Å². The Balaban J connectivity index is 1.90. The van der Waals surface area contributed by atoms with E-state index in [2.05, 4.69) is 30.3 Å². The van der Waals surface area contributed by atoms with Crippen LogP contribution in [-0.4, -0.2) is 31.6 Å². The summed E-state index contributed by atoms with van der Waals surface area (Å²) in [5.74, 6) is 2.08. The van der Waals surface area contributed by atoms with E-state index in [1.807, 2.05) is 13.0 Å². The lowest BCUT2D eigenvalue weighted by molar-refractivity contribution is 0.164. The number of aryl methyl sites for hydroxylation is 1. The maximum absolute atomic E-state index is 5.65. The van der Waals surface area contributed by atoms with Crippen molar-refractivity contribution in [1.82, 2.24) is 10.2 Å². The third-order valence-corrected chi connectivity index (χ3v) is 3.94. The standard InChI is InChI=1S/C15H26N2O/c1-4-7-15(8-9-16-11-15)12-17(3)10-14-6-5-13(2)18-14/h5-6,16H,4,7-12H2,1-3H3. The highest BCUT2D eigenvalue weighted by Gasteiger charge is 2.33. The van der Waals surface area contributed by atoms with Crippen LogP contribution < -0.4 is 5.32 Å². The van der Waals surface area contributed by atoms with Crippen LogP contribution in [0.2, 0.25) is 0 Å². The summed E-state index contributed by atoms with van der Waals surface area (Å²) >= 11 is 0. The molecule has 0 bridgehead atoms. The lowest BCUT2D eigenvalue weighted by Gasteiger charge is -2.32. The van der Waals surface area contributed by atoms with E-state index in [0.29, 0.717) is 5.41 Å². The fourth-order valence-electron chi connectivity index (χ4n) is 3.22. The Morgan fingerprint density at radius 1 is 1.44 bits per heavy atom. The molecule has 2 heterocycles. The normalized spacial score (nSPS) is 24.0. The molecular formula is C15H26N2O. The van der Waals surface area contributed by atoms with Gasteiger partial charge in [0.2, 0.25) is 0 Å². The molecule has 0 spiro atoms. The second-order valence-electron chi connectivity index (χ2n) is 5.86. The van der Waals surface area contributed by atoms with Gasteiger partial charge in [-0.1, -0.05) is 13.3 Å². The second kappa shape index (κ2) is 5.89. The minimum Gasteiger partial charge on any atom is -0.465 e. The van der Waals surface area contributed by atoms with E-state index in [9.17, 15) is 0 Å². The molecule has 1 aromatic rings. The summed E-state index contributed by atoms with van der Waals surface area (Å²) in [7, 11) is 2.20. The Morgan fingerprint density at radius 2 is 2.28 bits per heavy atom. The maximum atomic E-state index is 5.65. The first kappa shape index (κ1) is 13.6. The van der Waals surface area contributed by atoms with Crippen molar-refractivity contribution in [2.24, 2.45) is 5.41 Å². The molecule has 0 aliphatic carbocycles. The highest BCUT2D eigenvalue weighted by Crippen LogP contribution is 2.32. The average Bonchev–Trinajstić information content (AvgIpc) is 2.89. The van der Waals surface area contributed by atoms with Crippen LogP contribution in [0.15, 0.2) is 16.5 Å². The third kappa shape index (κ3) is 3.36. The fourth-order valence-corrected chi connectivity index (χ4v) is 3.22. The van der Waals surface area contributed by atoms with Crippen LogP contribution in [0.1, 0.15) is 37.7 Å². The molecular weight excluding hydrogens is 224 g/mol. The number of hydrogen-bond acceptors (Lipinski definition) is 3. The van der Waals surface area contributed by atoms with Crippen molar-refractivity contribution in [2.75, 3.05) is 26.7 Å². The zero-order chi connectivity index (χ0) is 13.0. The molecule has 102 valence electrons. The number of nitrogens with one attached hydrogen (secondary N) is 1. The van der Waals surface area contributed by atoms with E-state index in [0.717, 1.165) is 24.6 Å². The van der Waals surface area contributed by atoms with Gasteiger partial charge in [0.25, 0.3) is 0 Å². The van der Waals surface area contributed by atoms with Crippen LogP contribution in [0.5, 0.6) is 0 Å². The molecule has 1 aromatic heterocycles. The van der Waals surface area contributed by atoms with Gasteiger partial charge in [-0.05, 0) is 50.9 Å². The van der Waals surface area contributed by atoms with Gasteiger partial charge in [0.15, 0.2) is 0 Å². The van der Waals surface area contributed by atoms with Crippen molar-refractivity contribution >= 4 is 0 Å². The molecule has 1 aliphatic rings. The van der Waals surface area contributed by atoms with Crippen molar-refractivity contribution in [3.05, 3.63) is 23.7 Å². The molecule has 3 heteroatoms. The summed E-state index contributed by atoms with van der Waals surface area (Å²) < 4.78 is 5.65. The summed E-state index contributed by atoms with van der Waals surface area (Å²) in [6.07, 6.45) is 3.90. The molecule has 0 radical (unpaired) electrons. The summed E-state index contributed by atoms with van der Waals surface area (Å²) in [6.45, 7) is 8.71. The highest BCUT2D eigenvalue weighted by atomic mass is 16.3. The Labute approximate surface area is 111 Å². The van der Waals surface area contributed by atoms with Crippen molar-refractivity contribution in [1.29, 1.82) is 0 Å². The summed E-state index contributed by atoms with van der Waals surface area (Å²) in [4.78, 5) is 2.40. The Hall–Kier alpha value is -0.800. The molecule has 3 nitrogen and oxygen atoms in total. The quantitative estimate of drug-likeness (QED) is 0.841. The van der Waals surface area contributed by atoms with Crippen molar-refractivity contribution in [2.45, 2.75) is 39.7 Å². The number of rotatable bonds is 6. The zero-order valence-corrected chi connectivity index (χ0v) is 12.0. The predicted molar refractivity (Wildman–Crippen MR) is 74.6 cm³/mol. The van der Waals surface area contributed by atoms with Crippen molar-refractivity contribution < 1.29 is 4.42 Å².